The van der Waals surface area contributed by atoms with Gasteiger partial charge >= 0.3 is 0 Å². The minimum Gasteiger partial charge on any atom is -0.472 e. The number of hydrogen-bond donors (Lipinski definition) is 1. The normalized spacial score (nSPS) is 18.2. The van der Waals surface area contributed by atoms with Crippen LogP contribution < -0.4 is 10.1 Å². The Labute approximate surface area is 149 Å². The highest BCUT2D eigenvalue weighted by Crippen LogP contribution is 2.28. The number of benzene rings is 1. The van der Waals surface area contributed by atoms with E-state index in [1.807, 2.05) is 0 Å². The number of ether oxygens (including phenoxy) is 1. The minimum atomic E-state index is -3.33. The second kappa shape index (κ2) is 7.36. The Morgan fingerprint density at radius 1 is 1.31 bits per heavy atom. The van der Waals surface area contributed by atoms with Gasteiger partial charge in [0, 0.05) is 17.8 Å². The first-order valence-electron chi connectivity index (χ1n) is 7.80. The SMILES string of the molecule is O=C(NC1CS(=O)(=O)Cc2ccccc21)c1ccnc(OCC(F)F)c1. The van der Waals surface area contributed by atoms with E-state index in [2.05, 4.69) is 10.3 Å². The molecule has 3 rings (SSSR count). The van der Waals surface area contributed by atoms with E-state index in [0.717, 1.165) is 5.56 Å². The monoisotopic (exact) mass is 382 g/mol. The topological polar surface area (TPSA) is 85.4 Å². The molecule has 0 saturated carbocycles. The molecular formula is C17H16F2N2O4S. The number of hydrogen-bond acceptors (Lipinski definition) is 5. The maximum absolute atomic E-state index is 12.5. The Morgan fingerprint density at radius 2 is 2.08 bits per heavy atom. The molecule has 0 fully saturated rings. The Kier molecular flexibility index (Phi) is 5.17. The lowest BCUT2D eigenvalue weighted by Gasteiger charge is -2.26. The smallest absolute Gasteiger partial charge is 0.272 e. The molecule has 26 heavy (non-hydrogen) atoms. The van der Waals surface area contributed by atoms with Crippen LogP contribution >= 0.6 is 0 Å². The van der Waals surface area contributed by atoms with Crippen LogP contribution in [-0.2, 0) is 15.6 Å². The summed E-state index contributed by atoms with van der Waals surface area (Å²) >= 11 is 0. The van der Waals surface area contributed by atoms with E-state index in [-0.39, 0.29) is 22.9 Å². The second-order valence-corrected chi connectivity index (χ2v) is 7.97. The molecule has 6 nitrogen and oxygen atoms in total. The highest BCUT2D eigenvalue weighted by atomic mass is 32.2. The molecule has 0 radical (unpaired) electrons. The Balaban J connectivity index is 1.79. The summed E-state index contributed by atoms with van der Waals surface area (Å²) in [6.07, 6.45) is -1.39. The molecule has 1 aromatic heterocycles. The van der Waals surface area contributed by atoms with E-state index in [9.17, 15) is 22.0 Å². The molecule has 1 N–H and O–H groups in total. The largest absolute Gasteiger partial charge is 0.472 e. The first-order chi connectivity index (χ1) is 12.3. The van der Waals surface area contributed by atoms with Crippen molar-refractivity contribution in [2.24, 2.45) is 0 Å². The summed E-state index contributed by atoms with van der Waals surface area (Å²) in [5.41, 5.74) is 1.54. The van der Waals surface area contributed by atoms with Crippen LogP contribution in [-0.4, -0.2) is 38.1 Å². The van der Waals surface area contributed by atoms with Crippen LogP contribution in [0, 0.1) is 0 Å². The van der Waals surface area contributed by atoms with Gasteiger partial charge in [-0.3, -0.25) is 4.79 Å². The van der Waals surface area contributed by atoms with E-state index in [1.54, 1.807) is 24.3 Å². The van der Waals surface area contributed by atoms with Crippen LogP contribution in [0.4, 0.5) is 8.78 Å². The standard InChI is InChI=1S/C17H16F2N2O4S/c18-15(19)8-25-16-7-11(5-6-20-16)17(22)21-14-10-26(23,24)9-12-3-1-2-4-13(12)14/h1-7,14-15H,8-10H2,(H,21,22). The van der Waals surface area contributed by atoms with Crippen LogP contribution in [0.25, 0.3) is 0 Å². The lowest BCUT2D eigenvalue weighted by atomic mass is 10.0. The fraction of sp³-hybridized carbons (Fsp3) is 0.294. The Bertz CT molecular complexity index is 918. The van der Waals surface area contributed by atoms with Gasteiger partial charge in [0.2, 0.25) is 5.88 Å². The van der Waals surface area contributed by atoms with Crippen LogP contribution in [0.1, 0.15) is 27.5 Å². The van der Waals surface area contributed by atoms with Crippen LogP contribution in [0.3, 0.4) is 0 Å². The van der Waals surface area contributed by atoms with Crippen molar-refractivity contribution in [3.05, 3.63) is 59.3 Å². The zero-order valence-electron chi connectivity index (χ0n) is 13.6. The number of nitrogens with zero attached hydrogens (tertiary/aromatic N) is 1. The van der Waals surface area contributed by atoms with Crippen LogP contribution in [0.2, 0.25) is 0 Å². The van der Waals surface area contributed by atoms with Crippen molar-refractivity contribution < 1.29 is 26.7 Å². The highest BCUT2D eigenvalue weighted by molar-refractivity contribution is 7.90. The zero-order chi connectivity index (χ0) is 18.7. The summed E-state index contributed by atoms with van der Waals surface area (Å²) in [5, 5.41) is 2.69. The van der Waals surface area contributed by atoms with Gasteiger partial charge in [-0.15, -0.1) is 0 Å². The van der Waals surface area contributed by atoms with Gasteiger partial charge in [0.15, 0.2) is 16.4 Å². The Hall–Kier alpha value is -2.55. The molecule has 1 amide bonds. The van der Waals surface area contributed by atoms with Crippen molar-refractivity contribution in [1.82, 2.24) is 10.3 Å². The minimum absolute atomic E-state index is 0.0591. The first kappa shape index (κ1) is 18.2. The lowest BCUT2D eigenvalue weighted by Crippen LogP contribution is -2.37. The van der Waals surface area contributed by atoms with Crippen LogP contribution in [0.5, 0.6) is 5.88 Å². The molecule has 9 heteroatoms. The average Bonchev–Trinajstić information content (AvgIpc) is 2.59. The maximum Gasteiger partial charge on any atom is 0.272 e. The molecule has 1 atom stereocenters. The summed E-state index contributed by atoms with van der Waals surface area (Å²) in [6, 6.07) is 8.96. The van der Waals surface area contributed by atoms with Gasteiger partial charge in [0.25, 0.3) is 12.3 Å². The van der Waals surface area contributed by atoms with Crippen molar-refractivity contribution in [3.63, 3.8) is 0 Å². The third-order valence-electron chi connectivity index (χ3n) is 3.89. The fourth-order valence-electron chi connectivity index (χ4n) is 2.78. The molecular weight excluding hydrogens is 366 g/mol. The number of carbonyl (C=O) groups is 1. The number of carbonyl (C=O) groups excluding carboxylic acids is 1. The predicted molar refractivity (Wildman–Crippen MR) is 89.9 cm³/mol. The van der Waals surface area contributed by atoms with Gasteiger partial charge in [-0.1, -0.05) is 24.3 Å². The lowest BCUT2D eigenvalue weighted by molar-refractivity contribution is 0.0794. The van der Waals surface area contributed by atoms with Gasteiger partial charge in [-0.25, -0.2) is 22.2 Å². The molecule has 2 aromatic rings. The predicted octanol–water partition coefficient (Wildman–Crippen LogP) is 2.12. The molecule has 2 heterocycles. The summed E-state index contributed by atoms with van der Waals surface area (Å²) in [5.74, 6) is -0.896. The number of alkyl halides is 2. The highest BCUT2D eigenvalue weighted by Gasteiger charge is 2.30. The van der Waals surface area contributed by atoms with E-state index < -0.39 is 34.8 Å². The van der Waals surface area contributed by atoms with Crippen molar-refractivity contribution in [3.8, 4) is 5.88 Å². The maximum atomic E-state index is 12.5. The van der Waals surface area contributed by atoms with E-state index in [0.29, 0.717) is 5.56 Å². The summed E-state index contributed by atoms with van der Waals surface area (Å²) in [7, 11) is -3.33. The molecule has 1 unspecified atom stereocenters. The summed E-state index contributed by atoms with van der Waals surface area (Å²) in [4.78, 5) is 16.3. The van der Waals surface area contributed by atoms with Gasteiger partial charge < -0.3 is 10.1 Å². The number of nitrogens with one attached hydrogen (secondary N) is 1. The molecule has 0 saturated heterocycles. The number of fused-ring (bicyclic) bond motifs is 1. The van der Waals surface area contributed by atoms with E-state index in [4.69, 9.17) is 4.74 Å². The summed E-state index contributed by atoms with van der Waals surface area (Å²) in [6.45, 7) is -0.827. The van der Waals surface area contributed by atoms with E-state index in [1.165, 1.54) is 18.3 Å². The van der Waals surface area contributed by atoms with Crippen molar-refractivity contribution in [2.45, 2.75) is 18.2 Å². The first-order valence-corrected chi connectivity index (χ1v) is 9.62. The van der Waals surface area contributed by atoms with Crippen molar-refractivity contribution in [1.29, 1.82) is 0 Å². The van der Waals surface area contributed by atoms with Gasteiger partial charge in [0.1, 0.15) is 0 Å². The third-order valence-corrected chi connectivity index (χ3v) is 5.48. The molecule has 138 valence electrons. The average molecular weight is 382 g/mol. The molecule has 1 aliphatic heterocycles. The van der Waals surface area contributed by atoms with Crippen molar-refractivity contribution >= 4 is 15.7 Å². The van der Waals surface area contributed by atoms with Gasteiger partial charge in [-0.05, 0) is 17.2 Å². The molecule has 0 spiro atoms. The van der Waals surface area contributed by atoms with E-state index >= 15 is 0 Å². The number of pyridine rings is 1. The van der Waals surface area contributed by atoms with Gasteiger partial charge in [0.05, 0.1) is 17.5 Å². The number of sulfone groups is 1. The number of rotatable bonds is 5. The number of halogens is 2. The Morgan fingerprint density at radius 3 is 2.85 bits per heavy atom. The third kappa shape index (κ3) is 4.34. The number of amides is 1. The quantitative estimate of drug-likeness (QED) is 0.856. The summed E-state index contributed by atoms with van der Waals surface area (Å²) < 4.78 is 53.4. The zero-order valence-corrected chi connectivity index (χ0v) is 14.4. The number of aromatic nitrogens is 1. The molecule has 0 aliphatic carbocycles. The molecule has 1 aromatic carbocycles. The molecule has 0 bridgehead atoms. The van der Waals surface area contributed by atoms with Gasteiger partial charge in [-0.2, -0.15) is 0 Å². The van der Waals surface area contributed by atoms with Crippen LogP contribution in [0.15, 0.2) is 42.6 Å². The fourth-order valence-corrected chi connectivity index (χ4v) is 4.41. The molecule has 1 aliphatic rings. The van der Waals surface area contributed by atoms with Crippen molar-refractivity contribution in [2.75, 3.05) is 12.4 Å². The second-order valence-electron chi connectivity index (χ2n) is 5.86.